The van der Waals surface area contributed by atoms with Crippen molar-refractivity contribution >= 4 is 0 Å². The molecule has 2 aromatic rings. The first-order chi connectivity index (χ1) is 10.2. The Labute approximate surface area is 123 Å². The van der Waals surface area contributed by atoms with E-state index in [4.69, 9.17) is 0 Å². The molecule has 3 rings (SSSR count). The normalized spacial score (nSPS) is 16.4. The largest absolute Gasteiger partial charge is 0.493 e. The Bertz CT molecular complexity index is 688. The van der Waals surface area contributed by atoms with Gasteiger partial charge in [0.1, 0.15) is 5.82 Å². The van der Waals surface area contributed by atoms with Crippen molar-refractivity contribution in [2.24, 2.45) is 0 Å². The number of hydrogen-bond donors (Lipinski definition) is 2. The van der Waals surface area contributed by atoms with Gasteiger partial charge in [-0.05, 0) is 24.8 Å². The van der Waals surface area contributed by atoms with E-state index in [-0.39, 0.29) is 16.9 Å². The highest BCUT2D eigenvalue weighted by Gasteiger charge is 2.43. The molecule has 0 radical (unpaired) electrons. The molecule has 1 aliphatic rings. The molecule has 1 aromatic heterocycles. The van der Waals surface area contributed by atoms with Gasteiger partial charge in [-0.2, -0.15) is 4.98 Å². The molecular formula is C17H20N2O2. The van der Waals surface area contributed by atoms with E-state index >= 15 is 0 Å². The van der Waals surface area contributed by atoms with Crippen LogP contribution in [0.4, 0.5) is 0 Å². The number of aromatic amines is 1. The van der Waals surface area contributed by atoms with Crippen molar-refractivity contribution in [2.75, 3.05) is 0 Å². The molecule has 1 aromatic carbocycles. The van der Waals surface area contributed by atoms with Gasteiger partial charge in [0.2, 0.25) is 5.88 Å². The molecule has 1 aliphatic carbocycles. The molecule has 1 fully saturated rings. The van der Waals surface area contributed by atoms with Crippen LogP contribution < -0.4 is 5.56 Å². The van der Waals surface area contributed by atoms with Crippen LogP contribution in [0, 0.1) is 0 Å². The Morgan fingerprint density at radius 3 is 2.52 bits per heavy atom. The molecule has 0 amide bonds. The summed E-state index contributed by atoms with van der Waals surface area (Å²) in [5, 5.41) is 10.1. The summed E-state index contributed by atoms with van der Waals surface area (Å²) in [5.41, 5.74) is 1.09. The number of benzene rings is 1. The molecule has 1 saturated carbocycles. The number of rotatable bonds is 4. The predicted octanol–water partition coefficient (Wildman–Crippen LogP) is 2.90. The SMILES string of the molecule is CCCc1c(O)nc(C2(c3ccccc3)CCC2)[nH]c1=O. The standard InChI is InChI=1S/C17H20N2O2/c1-2-7-13-14(20)18-16(19-15(13)21)17(10-6-11-17)12-8-4-3-5-9-12/h3-5,8-9H,2,6-7,10-11H2,1H3,(H2,18,19,20,21). The lowest BCUT2D eigenvalue weighted by molar-refractivity contribution is 0.280. The molecule has 0 bridgehead atoms. The summed E-state index contributed by atoms with van der Waals surface area (Å²) in [6, 6.07) is 10.1. The third-order valence-corrected chi connectivity index (χ3v) is 4.48. The van der Waals surface area contributed by atoms with Crippen molar-refractivity contribution < 1.29 is 5.11 Å². The van der Waals surface area contributed by atoms with Gasteiger partial charge in [0.05, 0.1) is 11.0 Å². The highest BCUT2D eigenvalue weighted by Crippen LogP contribution is 2.47. The minimum absolute atomic E-state index is 0.113. The summed E-state index contributed by atoms with van der Waals surface area (Å²) in [5.74, 6) is 0.486. The highest BCUT2D eigenvalue weighted by molar-refractivity contribution is 5.37. The van der Waals surface area contributed by atoms with Crippen molar-refractivity contribution in [3.05, 3.63) is 57.6 Å². The zero-order valence-corrected chi connectivity index (χ0v) is 12.2. The van der Waals surface area contributed by atoms with E-state index in [1.165, 1.54) is 0 Å². The third-order valence-electron chi connectivity index (χ3n) is 4.48. The second-order valence-corrected chi connectivity index (χ2v) is 5.77. The predicted molar refractivity (Wildman–Crippen MR) is 81.6 cm³/mol. The molecule has 0 spiro atoms. The van der Waals surface area contributed by atoms with Gasteiger partial charge in [-0.1, -0.05) is 50.1 Å². The van der Waals surface area contributed by atoms with Crippen LogP contribution in [0.5, 0.6) is 5.88 Å². The molecule has 0 atom stereocenters. The maximum Gasteiger partial charge on any atom is 0.257 e. The zero-order valence-electron chi connectivity index (χ0n) is 12.2. The molecule has 0 unspecified atom stereocenters. The zero-order chi connectivity index (χ0) is 14.9. The first-order valence-electron chi connectivity index (χ1n) is 7.55. The smallest absolute Gasteiger partial charge is 0.257 e. The monoisotopic (exact) mass is 284 g/mol. The van der Waals surface area contributed by atoms with Crippen LogP contribution in [-0.4, -0.2) is 15.1 Å². The second kappa shape index (κ2) is 5.35. The van der Waals surface area contributed by atoms with E-state index in [0.717, 1.165) is 31.2 Å². The van der Waals surface area contributed by atoms with Crippen molar-refractivity contribution in [1.82, 2.24) is 9.97 Å². The fourth-order valence-electron chi connectivity index (χ4n) is 3.14. The van der Waals surface area contributed by atoms with E-state index in [0.29, 0.717) is 17.8 Å². The Balaban J connectivity index is 2.09. The Morgan fingerprint density at radius 1 is 1.29 bits per heavy atom. The number of aromatic nitrogens is 2. The van der Waals surface area contributed by atoms with Crippen LogP contribution in [0.3, 0.4) is 0 Å². The van der Waals surface area contributed by atoms with Crippen molar-refractivity contribution in [2.45, 2.75) is 44.4 Å². The molecular weight excluding hydrogens is 264 g/mol. The maximum absolute atomic E-state index is 12.2. The van der Waals surface area contributed by atoms with Gasteiger partial charge >= 0.3 is 0 Å². The van der Waals surface area contributed by atoms with Gasteiger partial charge in [-0.3, -0.25) is 4.79 Å². The summed E-state index contributed by atoms with van der Waals surface area (Å²) in [6.45, 7) is 1.98. The number of nitrogens with zero attached hydrogens (tertiary/aromatic N) is 1. The number of hydrogen-bond acceptors (Lipinski definition) is 3. The minimum Gasteiger partial charge on any atom is -0.493 e. The minimum atomic E-state index is -0.247. The van der Waals surface area contributed by atoms with Gasteiger partial charge in [-0.25, -0.2) is 0 Å². The fourth-order valence-corrected chi connectivity index (χ4v) is 3.14. The lowest BCUT2D eigenvalue weighted by Crippen LogP contribution is -2.39. The molecule has 0 aliphatic heterocycles. The van der Waals surface area contributed by atoms with Gasteiger partial charge in [-0.15, -0.1) is 0 Å². The van der Waals surface area contributed by atoms with E-state index < -0.39 is 0 Å². The van der Waals surface area contributed by atoms with Crippen molar-refractivity contribution in [3.63, 3.8) is 0 Å². The highest BCUT2D eigenvalue weighted by atomic mass is 16.3. The van der Waals surface area contributed by atoms with Gasteiger partial charge in [0.25, 0.3) is 5.56 Å². The number of H-pyrrole nitrogens is 1. The van der Waals surface area contributed by atoms with Crippen LogP contribution in [0.15, 0.2) is 35.1 Å². The summed E-state index contributed by atoms with van der Waals surface area (Å²) in [4.78, 5) is 19.5. The molecule has 0 saturated heterocycles. The quantitative estimate of drug-likeness (QED) is 0.907. The molecule has 1 heterocycles. The van der Waals surface area contributed by atoms with Crippen molar-refractivity contribution in [1.29, 1.82) is 0 Å². The molecule has 2 N–H and O–H groups in total. The Kier molecular flexibility index (Phi) is 3.53. The average Bonchev–Trinajstić information content (AvgIpc) is 2.43. The molecule has 4 heteroatoms. The second-order valence-electron chi connectivity index (χ2n) is 5.77. The first-order valence-corrected chi connectivity index (χ1v) is 7.55. The Hall–Kier alpha value is -2.10. The van der Waals surface area contributed by atoms with Crippen LogP contribution in [0.2, 0.25) is 0 Å². The van der Waals surface area contributed by atoms with E-state index in [2.05, 4.69) is 22.1 Å². The fraction of sp³-hybridized carbons (Fsp3) is 0.412. The van der Waals surface area contributed by atoms with Gasteiger partial charge in [0.15, 0.2) is 0 Å². The van der Waals surface area contributed by atoms with Crippen LogP contribution in [-0.2, 0) is 11.8 Å². The lowest BCUT2D eigenvalue weighted by Gasteiger charge is -2.41. The topological polar surface area (TPSA) is 66.0 Å². The third kappa shape index (κ3) is 2.24. The van der Waals surface area contributed by atoms with Crippen LogP contribution >= 0.6 is 0 Å². The summed E-state index contributed by atoms with van der Waals surface area (Å²) in [6.07, 6.45) is 4.36. The van der Waals surface area contributed by atoms with E-state index in [1.54, 1.807) is 0 Å². The number of nitrogens with one attached hydrogen (secondary N) is 1. The van der Waals surface area contributed by atoms with Crippen LogP contribution in [0.25, 0.3) is 0 Å². The summed E-state index contributed by atoms with van der Waals surface area (Å²) < 4.78 is 0. The average molecular weight is 284 g/mol. The van der Waals surface area contributed by atoms with E-state index in [1.807, 2.05) is 25.1 Å². The first kappa shape index (κ1) is 13.9. The van der Waals surface area contributed by atoms with Gasteiger partial charge in [0, 0.05) is 0 Å². The number of aromatic hydroxyl groups is 1. The summed E-state index contributed by atoms with van der Waals surface area (Å²) in [7, 11) is 0. The van der Waals surface area contributed by atoms with Gasteiger partial charge < -0.3 is 10.1 Å². The molecule has 110 valence electrons. The Morgan fingerprint density at radius 2 is 2.00 bits per heavy atom. The lowest BCUT2D eigenvalue weighted by atomic mass is 9.64. The van der Waals surface area contributed by atoms with E-state index in [9.17, 15) is 9.90 Å². The molecule has 4 nitrogen and oxygen atoms in total. The van der Waals surface area contributed by atoms with Crippen molar-refractivity contribution in [3.8, 4) is 5.88 Å². The summed E-state index contributed by atoms with van der Waals surface area (Å²) >= 11 is 0. The molecule has 21 heavy (non-hydrogen) atoms. The maximum atomic E-state index is 12.2. The van der Waals surface area contributed by atoms with Crippen LogP contribution in [0.1, 0.15) is 49.6 Å².